The Labute approximate surface area is 185 Å². The van der Waals surface area contributed by atoms with E-state index >= 15 is 0 Å². The third-order valence-corrected chi connectivity index (χ3v) is 5.23. The molecule has 0 amide bonds. The van der Waals surface area contributed by atoms with Crippen LogP contribution in [0, 0.1) is 5.82 Å². The molecule has 0 aromatic heterocycles. The Bertz CT molecular complexity index is 896. The number of carbonyl (C=O) groups is 2. The summed E-state index contributed by atoms with van der Waals surface area (Å²) in [7, 11) is 0.930. The number of esters is 2. The second-order valence-corrected chi connectivity index (χ2v) is 7.61. The van der Waals surface area contributed by atoms with Gasteiger partial charge in [-0.3, -0.25) is 0 Å². The number of hydrogen-bond acceptors (Lipinski definition) is 5. The van der Waals surface area contributed by atoms with E-state index in [-0.39, 0.29) is 23.4 Å². The average Bonchev–Trinajstić information content (AvgIpc) is 2.71. The fourth-order valence-corrected chi connectivity index (χ4v) is 3.68. The lowest BCUT2D eigenvalue weighted by Crippen LogP contribution is -2.38. The second kappa shape index (κ2) is 10.8. The molecule has 1 aromatic carbocycles. The molecule has 5 nitrogen and oxygen atoms in total. The summed E-state index contributed by atoms with van der Waals surface area (Å²) in [6.45, 7) is 1.33. The maximum atomic E-state index is 13.9. The minimum atomic E-state index is -4.94. The number of benzene rings is 1. The zero-order valence-electron chi connectivity index (χ0n) is 16.9. The average molecular weight is 508 g/mol. The molecule has 1 heterocycles. The van der Waals surface area contributed by atoms with Crippen LogP contribution < -0.4 is 5.32 Å². The molecular formula is C21H22BrF4NO4. The van der Waals surface area contributed by atoms with Crippen molar-refractivity contribution < 1.29 is 36.6 Å². The quantitative estimate of drug-likeness (QED) is 0.235. The van der Waals surface area contributed by atoms with Gasteiger partial charge in [0.05, 0.1) is 30.8 Å². The summed E-state index contributed by atoms with van der Waals surface area (Å²) >= 11 is 3.29. The van der Waals surface area contributed by atoms with Gasteiger partial charge in [0.15, 0.2) is 0 Å². The number of methoxy groups -OCH3 is 1. The number of halogens is 5. The number of nitrogens with one attached hydrogen (secondary N) is 1. The lowest BCUT2D eigenvalue weighted by Gasteiger charge is -2.32. The molecule has 1 aromatic rings. The number of carbonyl (C=O) groups excluding carboxylic acids is 2. The normalized spacial score (nSPS) is 16.8. The Morgan fingerprint density at radius 1 is 1.13 bits per heavy atom. The highest BCUT2D eigenvalue weighted by Crippen LogP contribution is 2.43. The van der Waals surface area contributed by atoms with Gasteiger partial charge in [0.2, 0.25) is 0 Å². The summed E-state index contributed by atoms with van der Waals surface area (Å²) in [5, 5.41) is 2.91. The van der Waals surface area contributed by atoms with Crippen molar-refractivity contribution in [3.8, 4) is 0 Å². The van der Waals surface area contributed by atoms with Crippen molar-refractivity contribution in [2.24, 2.45) is 0 Å². The van der Waals surface area contributed by atoms with E-state index in [1.807, 2.05) is 0 Å². The second-order valence-electron chi connectivity index (χ2n) is 6.82. The molecule has 1 atom stereocenters. The van der Waals surface area contributed by atoms with Crippen LogP contribution in [-0.4, -0.2) is 37.2 Å². The highest BCUT2D eigenvalue weighted by atomic mass is 79.9. The first-order chi connectivity index (χ1) is 14.6. The summed E-state index contributed by atoms with van der Waals surface area (Å²) in [5.74, 6) is -4.42. The third-order valence-electron chi connectivity index (χ3n) is 4.67. The van der Waals surface area contributed by atoms with Crippen LogP contribution in [0.5, 0.6) is 0 Å². The van der Waals surface area contributed by atoms with Crippen LogP contribution in [0.15, 0.2) is 46.8 Å². The molecule has 170 valence electrons. The lowest BCUT2D eigenvalue weighted by molar-refractivity contribution is -0.140. The number of hydrogen-bond donors (Lipinski definition) is 1. The van der Waals surface area contributed by atoms with Crippen LogP contribution in [0.25, 0.3) is 0 Å². The summed E-state index contributed by atoms with van der Waals surface area (Å²) in [6.07, 6.45) is -2.72. The fraction of sp³-hybridized carbons (Fsp3) is 0.429. The molecule has 31 heavy (non-hydrogen) atoms. The molecule has 0 fully saturated rings. The molecular weight excluding hydrogens is 486 g/mol. The minimum Gasteiger partial charge on any atom is -0.466 e. The first kappa shape index (κ1) is 24.9. The third kappa shape index (κ3) is 6.09. The van der Waals surface area contributed by atoms with Gasteiger partial charge in [-0.05, 0) is 43.9 Å². The van der Waals surface area contributed by atoms with Crippen LogP contribution in [0.1, 0.15) is 37.7 Å². The Hall–Kier alpha value is -2.36. The Morgan fingerprint density at radius 3 is 2.42 bits per heavy atom. The van der Waals surface area contributed by atoms with Crippen LogP contribution in [0.3, 0.4) is 0 Å². The zero-order valence-corrected chi connectivity index (χ0v) is 18.5. The predicted molar refractivity (Wildman–Crippen MR) is 109 cm³/mol. The minimum absolute atomic E-state index is 0.00533. The first-order valence-corrected chi connectivity index (χ1v) is 10.6. The van der Waals surface area contributed by atoms with Crippen molar-refractivity contribution in [2.45, 2.75) is 38.3 Å². The monoisotopic (exact) mass is 507 g/mol. The van der Waals surface area contributed by atoms with E-state index in [2.05, 4.69) is 26.0 Å². The van der Waals surface area contributed by atoms with Gasteiger partial charge in [0.1, 0.15) is 11.5 Å². The fourth-order valence-electron chi connectivity index (χ4n) is 3.29. The smallest absolute Gasteiger partial charge is 0.431 e. The summed E-state index contributed by atoms with van der Waals surface area (Å²) in [5.41, 5.74) is -2.55. The van der Waals surface area contributed by atoms with E-state index in [0.29, 0.717) is 6.42 Å². The van der Waals surface area contributed by atoms with Gasteiger partial charge in [-0.2, -0.15) is 13.2 Å². The molecule has 1 N–H and O–H groups in total. The number of unbranched alkanes of at least 4 members (excludes halogenated alkanes) is 2. The van der Waals surface area contributed by atoms with E-state index in [1.165, 1.54) is 19.1 Å². The number of ether oxygens (including phenoxy) is 2. The Balaban J connectivity index is 2.55. The highest BCUT2D eigenvalue weighted by Gasteiger charge is 2.47. The molecule has 2 rings (SSSR count). The molecule has 0 radical (unpaired) electrons. The molecule has 0 saturated heterocycles. The number of allylic oxidation sites excluding steroid dienone is 2. The Morgan fingerprint density at radius 2 is 1.84 bits per heavy atom. The number of rotatable bonds is 8. The van der Waals surface area contributed by atoms with Gasteiger partial charge < -0.3 is 14.8 Å². The number of dihydropyridines is 1. The van der Waals surface area contributed by atoms with Crippen LogP contribution in [0.4, 0.5) is 17.6 Å². The standard InChI is InChI=1S/C21H22BrF4NO4/c1-12-15(20(29)31-10-5-3-4-9-22)16(13-7-6-8-14(23)11-13)17(19(28)30-2)18(27-12)21(24,25)26/h6-8,11,16,27H,3-5,9-10H2,1-2H3. The van der Waals surface area contributed by atoms with Crippen molar-refractivity contribution in [3.05, 3.63) is 58.2 Å². The van der Waals surface area contributed by atoms with Crippen molar-refractivity contribution in [2.75, 3.05) is 19.0 Å². The predicted octanol–water partition coefficient (Wildman–Crippen LogP) is 4.88. The van der Waals surface area contributed by atoms with Crippen molar-refractivity contribution in [3.63, 3.8) is 0 Å². The van der Waals surface area contributed by atoms with Crippen molar-refractivity contribution in [1.29, 1.82) is 0 Å². The van der Waals surface area contributed by atoms with Crippen LogP contribution >= 0.6 is 15.9 Å². The summed E-state index contributed by atoms with van der Waals surface area (Å²) in [6, 6.07) is 4.71. The molecule has 0 bridgehead atoms. The summed E-state index contributed by atoms with van der Waals surface area (Å²) < 4.78 is 64.9. The van der Waals surface area contributed by atoms with Gasteiger partial charge in [0, 0.05) is 11.0 Å². The van der Waals surface area contributed by atoms with Gasteiger partial charge in [-0.1, -0.05) is 28.1 Å². The molecule has 0 aliphatic carbocycles. The maximum absolute atomic E-state index is 13.9. The largest absolute Gasteiger partial charge is 0.466 e. The Kier molecular flexibility index (Phi) is 8.67. The van der Waals surface area contributed by atoms with E-state index in [0.717, 1.165) is 37.4 Å². The van der Waals surface area contributed by atoms with Gasteiger partial charge in [-0.25, -0.2) is 14.0 Å². The zero-order chi connectivity index (χ0) is 23.2. The highest BCUT2D eigenvalue weighted by molar-refractivity contribution is 9.09. The molecule has 0 spiro atoms. The maximum Gasteiger partial charge on any atom is 0.431 e. The molecule has 10 heteroatoms. The van der Waals surface area contributed by atoms with E-state index < -0.39 is 41.1 Å². The first-order valence-electron chi connectivity index (χ1n) is 9.47. The molecule has 1 aliphatic rings. The lowest BCUT2D eigenvalue weighted by atomic mass is 9.80. The van der Waals surface area contributed by atoms with E-state index in [1.54, 1.807) is 0 Å². The molecule has 1 unspecified atom stereocenters. The van der Waals surface area contributed by atoms with Crippen LogP contribution in [0.2, 0.25) is 0 Å². The molecule has 1 aliphatic heterocycles. The van der Waals surface area contributed by atoms with Gasteiger partial charge in [0.25, 0.3) is 0 Å². The van der Waals surface area contributed by atoms with E-state index in [4.69, 9.17) is 4.74 Å². The van der Waals surface area contributed by atoms with Gasteiger partial charge in [-0.15, -0.1) is 0 Å². The number of alkyl halides is 4. The topological polar surface area (TPSA) is 64.6 Å². The summed E-state index contributed by atoms with van der Waals surface area (Å²) in [4.78, 5) is 25.3. The van der Waals surface area contributed by atoms with Crippen LogP contribution in [-0.2, 0) is 19.1 Å². The molecule has 0 saturated carbocycles. The van der Waals surface area contributed by atoms with Crippen molar-refractivity contribution >= 4 is 27.9 Å². The van der Waals surface area contributed by atoms with Crippen molar-refractivity contribution in [1.82, 2.24) is 5.32 Å². The van der Waals surface area contributed by atoms with Gasteiger partial charge >= 0.3 is 18.1 Å². The SMILES string of the molecule is COC(=O)C1=C(C(F)(F)F)NC(C)=C(C(=O)OCCCCCBr)C1c1cccc(F)c1. The van der Waals surface area contributed by atoms with E-state index in [9.17, 15) is 27.2 Å².